The molecule has 0 fully saturated rings. The summed E-state index contributed by atoms with van der Waals surface area (Å²) in [4.78, 5) is 26.1. The van der Waals surface area contributed by atoms with Gasteiger partial charge in [-0.2, -0.15) is 0 Å². The van der Waals surface area contributed by atoms with E-state index in [-0.39, 0.29) is 17.7 Å². The van der Waals surface area contributed by atoms with Gasteiger partial charge in [0.15, 0.2) is 0 Å². The molecule has 0 radical (unpaired) electrons. The summed E-state index contributed by atoms with van der Waals surface area (Å²) in [6, 6.07) is 16.7. The first-order valence-corrected chi connectivity index (χ1v) is 9.97. The third-order valence-corrected chi connectivity index (χ3v) is 4.66. The lowest BCUT2D eigenvalue weighted by Crippen LogP contribution is -2.40. The lowest BCUT2D eigenvalue weighted by Gasteiger charge is -2.19. The highest BCUT2D eigenvalue weighted by Crippen LogP contribution is 2.16. The number of carbonyl (C=O) groups is 2. The van der Waals surface area contributed by atoms with Crippen molar-refractivity contribution in [1.29, 1.82) is 0 Å². The number of benzene rings is 2. The summed E-state index contributed by atoms with van der Waals surface area (Å²) < 4.78 is 0. The van der Waals surface area contributed by atoms with Gasteiger partial charge in [0.25, 0.3) is 0 Å². The molecule has 0 bridgehead atoms. The monoisotopic (exact) mass is 370 g/mol. The van der Waals surface area contributed by atoms with Gasteiger partial charge in [0.1, 0.15) is 6.04 Å². The van der Waals surface area contributed by atoms with Gasteiger partial charge in [-0.15, -0.1) is 11.8 Å². The smallest absolute Gasteiger partial charge is 0.247 e. The van der Waals surface area contributed by atoms with E-state index < -0.39 is 6.04 Å². The predicted molar refractivity (Wildman–Crippen MR) is 107 cm³/mol. The van der Waals surface area contributed by atoms with Gasteiger partial charge in [0, 0.05) is 17.9 Å². The molecule has 2 amide bonds. The average Bonchev–Trinajstić information content (AvgIpc) is 2.64. The Kier molecular flexibility index (Phi) is 7.73. The van der Waals surface area contributed by atoms with Crippen LogP contribution in [0, 0.1) is 5.92 Å². The number of hydrogen-bond acceptors (Lipinski definition) is 3. The van der Waals surface area contributed by atoms with Crippen LogP contribution in [-0.2, 0) is 16.1 Å². The highest BCUT2D eigenvalue weighted by atomic mass is 32.2. The van der Waals surface area contributed by atoms with Crippen molar-refractivity contribution in [1.82, 2.24) is 10.6 Å². The Morgan fingerprint density at radius 1 is 1.00 bits per heavy atom. The summed E-state index contributed by atoms with van der Waals surface area (Å²) in [5.74, 6) is -0.0833. The molecule has 0 saturated heterocycles. The first-order chi connectivity index (χ1) is 12.5. The van der Waals surface area contributed by atoms with Crippen molar-refractivity contribution in [2.24, 2.45) is 5.92 Å². The molecule has 138 valence electrons. The second kappa shape index (κ2) is 10.0. The van der Waals surface area contributed by atoms with E-state index in [1.807, 2.05) is 74.7 Å². The fourth-order valence-electron chi connectivity index (χ4n) is 2.57. The van der Waals surface area contributed by atoms with E-state index in [0.717, 1.165) is 11.1 Å². The van der Waals surface area contributed by atoms with Crippen LogP contribution in [0.4, 0.5) is 0 Å². The number of rotatable bonds is 8. The predicted octanol–water partition coefficient (Wildman–Crippen LogP) is 3.93. The maximum absolute atomic E-state index is 12.7. The molecule has 2 N–H and O–H groups in total. The van der Waals surface area contributed by atoms with Gasteiger partial charge in [-0.1, -0.05) is 56.3 Å². The van der Waals surface area contributed by atoms with E-state index >= 15 is 0 Å². The van der Waals surface area contributed by atoms with Crippen LogP contribution in [0.3, 0.4) is 0 Å². The molecule has 2 aromatic carbocycles. The van der Waals surface area contributed by atoms with Crippen molar-refractivity contribution in [3.05, 3.63) is 65.7 Å². The Balaban J connectivity index is 2.05. The van der Waals surface area contributed by atoms with Gasteiger partial charge >= 0.3 is 0 Å². The third-order valence-electron chi connectivity index (χ3n) is 3.92. The Hall–Kier alpha value is -2.27. The summed E-state index contributed by atoms with van der Waals surface area (Å²) in [6.45, 7) is 4.39. The summed E-state index contributed by atoms with van der Waals surface area (Å²) in [6.07, 6.45) is 2.42. The molecule has 0 aromatic heterocycles. The van der Waals surface area contributed by atoms with Crippen molar-refractivity contribution in [3.63, 3.8) is 0 Å². The van der Waals surface area contributed by atoms with Crippen molar-refractivity contribution < 1.29 is 9.59 Å². The van der Waals surface area contributed by atoms with E-state index in [1.54, 1.807) is 11.8 Å². The number of nitrogens with one attached hydrogen (secondary N) is 2. The maximum atomic E-state index is 12.7. The molecule has 26 heavy (non-hydrogen) atoms. The molecule has 5 heteroatoms. The van der Waals surface area contributed by atoms with Crippen LogP contribution in [-0.4, -0.2) is 18.1 Å². The molecule has 1 unspecified atom stereocenters. The normalized spacial score (nSPS) is 11.8. The fourth-order valence-corrected chi connectivity index (χ4v) is 2.98. The minimum absolute atomic E-state index is 0.117. The van der Waals surface area contributed by atoms with Crippen LogP contribution in [0.25, 0.3) is 0 Å². The zero-order valence-corrected chi connectivity index (χ0v) is 16.3. The lowest BCUT2D eigenvalue weighted by atomic mass is 10.0. The molecule has 4 nitrogen and oxygen atoms in total. The van der Waals surface area contributed by atoms with E-state index in [9.17, 15) is 9.59 Å². The van der Waals surface area contributed by atoms with Gasteiger partial charge in [-0.05, 0) is 35.4 Å². The highest BCUT2D eigenvalue weighted by Gasteiger charge is 2.22. The van der Waals surface area contributed by atoms with Crippen LogP contribution in [0.2, 0.25) is 0 Å². The van der Waals surface area contributed by atoms with Gasteiger partial charge in [0.05, 0.1) is 0 Å². The third kappa shape index (κ3) is 6.23. The van der Waals surface area contributed by atoms with Crippen LogP contribution in [0.1, 0.15) is 37.4 Å². The Morgan fingerprint density at radius 2 is 1.65 bits per heavy atom. The Labute approximate surface area is 159 Å². The van der Waals surface area contributed by atoms with Crippen LogP contribution >= 0.6 is 11.8 Å². The standard InChI is InChI=1S/C21H26N2O2S/c1-15(2)13-19(24)23-20(17-7-5-4-6-8-17)21(25)22-14-16-9-11-18(26-3)12-10-16/h4-12,15,20H,13-14H2,1-3H3,(H,22,25)(H,23,24). The van der Waals surface area contributed by atoms with Crippen molar-refractivity contribution in [2.45, 2.75) is 37.8 Å². The molecule has 0 saturated carbocycles. The fraction of sp³-hybridized carbons (Fsp3) is 0.333. The van der Waals surface area contributed by atoms with E-state index in [0.29, 0.717) is 13.0 Å². The average molecular weight is 371 g/mol. The van der Waals surface area contributed by atoms with Gasteiger partial charge in [0.2, 0.25) is 11.8 Å². The summed E-state index contributed by atoms with van der Waals surface area (Å²) in [7, 11) is 0. The molecule has 1 atom stereocenters. The maximum Gasteiger partial charge on any atom is 0.247 e. The minimum Gasteiger partial charge on any atom is -0.350 e. The molecule has 0 heterocycles. The quantitative estimate of drug-likeness (QED) is 0.692. The SMILES string of the molecule is CSc1ccc(CNC(=O)C(NC(=O)CC(C)C)c2ccccc2)cc1. The molecule has 2 rings (SSSR count). The van der Waals surface area contributed by atoms with Gasteiger partial charge < -0.3 is 10.6 Å². The molecule has 0 spiro atoms. The van der Waals surface area contributed by atoms with Crippen LogP contribution in [0.5, 0.6) is 0 Å². The first-order valence-electron chi connectivity index (χ1n) is 8.74. The Morgan fingerprint density at radius 3 is 2.23 bits per heavy atom. The van der Waals surface area contributed by atoms with Crippen LogP contribution < -0.4 is 10.6 Å². The molecular formula is C21H26N2O2S. The summed E-state index contributed by atoms with van der Waals surface area (Å²) in [5, 5.41) is 5.80. The molecule has 0 aliphatic heterocycles. The van der Waals surface area contributed by atoms with Gasteiger partial charge in [-0.3, -0.25) is 9.59 Å². The second-order valence-electron chi connectivity index (χ2n) is 6.58. The van der Waals surface area contributed by atoms with Crippen LogP contribution in [0.15, 0.2) is 59.5 Å². The van der Waals surface area contributed by atoms with Crippen molar-refractivity contribution in [3.8, 4) is 0 Å². The lowest BCUT2D eigenvalue weighted by molar-refractivity contribution is -0.129. The zero-order chi connectivity index (χ0) is 18.9. The molecule has 0 aliphatic rings. The van der Waals surface area contributed by atoms with E-state index in [1.165, 1.54) is 4.90 Å². The van der Waals surface area contributed by atoms with E-state index in [4.69, 9.17) is 0 Å². The number of amides is 2. The highest BCUT2D eigenvalue weighted by molar-refractivity contribution is 7.98. The molecule has 2 aromatic rings. The van der Waals surface area contributed by atoms with Gasteiger partial charge in [-0.25, -0.2) is 0 Å². The molecular weight excluding hydrogens is 344 g/mol. The summed E-state index contributed by atoms with van der Waals surface area (Å²) in [5.41, 5.74) is 1.80. The first kappa shape index (κ1) is 20.0. The topological polar surface area (TPSA) is 58.2 Å². The number of hydrogen-bond donors (Lipinski definition) is 2. The summed E-state index contributed by atoms with van der Waals surface area (Å²) >= 11 is 1.68. The second-order valence-corrected chi connectivity index (χ2v) is 7.45. The largest absolute Gasteiger partial charge is 0.350 e. The van der Waals surface area contributed by atoms with E-state index in [2.05, 4.69) is 10.6 Å². The van der Waals surface area contributed by atoms with Crippen molar-refractivity contribution >= 4 is 23.6 Å². The molecule has 0 aliphatic carbocycles. The minimum atomic E-state index is -0.687. The number of carbonyl (C=O) groups excluding carboxylic acids is 2. The Bertz CT molecular complexity index is 715. The number of thioether (sulfide) groups is 1. The zero-order valence-electron chi connectivity index (χ0n) is 15.5. The van der Waals surface area contributed by atoms with Crippen molar-refractivity contribution in [2.75, 3.05) is 6.26 Å².